The van der Waals surface area contributed by atoms with Crippen molar-refractivity contribution >= 4 is 0 Å². The molecule has 0 spiro atoms. The fraction of sp³-hybridized carbons (Fsp3) is 0.625. The van der Waals surface area contributed by atoms with Crippen molar-refractivity contribution in [1.82, 2.24) is 5.32 Å². The Hall–Kier alpha value is -1.06. The highest BCUT2D eigenvalue weighted by Gasteiger charge is 2.19. The van der Waals surface area contributed by atoms with Crippen LogP contribution in [0.2, 0.25) is 0 Å². The molecule has 0 aliphatic heterocycles. The molecule has 3 nitrogen and oxygen atoms in total. The molecule has 0 radical (unpaired) electrons. The summed E-state index contributed by atoms with van der Waals surface area (Å²) in [5.41, 5.74) is 0.921. The summed E-state index contributed by atoms with van der Waals surface area (Å²) in [7, 11) is 0. The first kappa shape index (κ1) is 16.0. The second-order valence-corrected chi connectivity index (χ2v) is 6.18. The van der Waals surface area contributed by atoms with E-state index in [0.29, 0.717) is 5.92 Å². The van der Waals surface area contributed by atoms with Crippen LogP contribution >= 0.6 is 0 Å². The summed E-state index contributed by atoms with van der Waals surface area (Å²) in [6.07, 6.45) is 0. The summed E-state index contributed by atoms with van der Waals surface area (Å²) in [4.78, 5) is 0. The van der Waals surface area contributed by atoms with Gasteiger partial charge >= 0.3 is 0 Å². The molecule has 0 aromatic heterocycles. The van der Waals surface area contributed by atoms with Crippen LogP contribution in [0, 0.1) is 5.92 Å². The predicted octanol–water partition coefficient (Wildman–Crippen LogP) is 3.14. The fourth-order valence-electron chi connectivity index (χ4n) is 1.83. The first-order valence-corrected chi connectivity index (χ1v) is 6.95. The van der Waals surface area contributed by atoms with Gasteiger partial charge in [0, 0.05) is 11.6 Å². The molecule has 19 heavy (non-hydrogen) atoms. The molecule has 1 aromatic rings. The Balaban J connectivity index is 2.60. The van der Waals surface area contributed by atoms with Crippen LogP contribution in [0.1, 0.15) is 46.2 Å². The van der Waals surface area contributed by atoms with Crippen molar-refractivity contribution in [2.75, 3.05) is 13.2 Å². The van der Waals surface area contributed by atoms with Crippen LogP contribution in [0.3, 0.4) is 0 Å². The maximum absolute atomic E-state index is 9.27. The molecule has 3 heteroatoms. The first-order valence-electron chi connectivity index (χ1n) is 6.95. The van der Waals surface area contributed by atoms with Gasteiger partial charge in [-0.3, -0.25) is 0 Å². The van der Waals surface area contributed by atoms with E-state index in [1.165, 1.54) is 5.56 Å². The number of rotatable bonds is 7. The van der Waals surface area contributed by atoms with E-state index in [2.05, 4.69) is 38.2 Å². The van der Waals surface area contributed by atoms with Gasteiger partial charge in [-0.2, -0.15) is 0 Å². The number of ether oxygens (including phenoxy) is 1. The molecule has 108 valence electrons. The zero-order chi connectivity index (χ0) is 14.5. The summed E-state index contributed by atoms with van der Waals surface area (Å²) in [5, 5.41) is 12.7. The highest BCUT2D eigenvalue weighted by molar-refractivity contribution is 5.29. The van der Waals surface area contributed by atoms with Crippen molar-refractivity contribution in [3.05, 3.63) is 29.8 Å². The molecule has 0 saturated heterocycles. The first-order chi connectivity index (χ1) is 8.84. The SMILES string of the molecule is CC(C)COc1ccc(C(C)NC(C)(C)CO)cc1. The van der Waals surface area contributed by atoms with Gasteiger partial charge in [-0.1, -0.05) is 26.0 Å². The molecule has 0 bridgehead atoms. The third-order valence-electron chi connectivity index (χ3n) is 2.97. The van der Waals surface area contributed by atoms with Gasteiger partial charge in [-0.25, -0.2) is 0 Å². The molecule has 0 aliphatic rings. The largest absolute Gasteiger partial charge is 0.493 e. The Morgan fingerprint density at radius 1 is 1.16 bits per heavy atom. The average molecular weight is 265 g/mol. The van der Waals surface area contributed by atoms with Crippen LogP contribution in [0.15, 0.2) is 24.3 Å². The molecule has 1 atom stereocenters. The second kappa shape index (κ2) is 6.92. The Morgan fingerprint density at radius 2 is 1.74 bits per heavy atom. The molecule has 1 rings (SSSR count). The molecule has 1 unspecified atom stereocenters. The number of benzene rings is 1. The number of nitrogens with one attached hydrogen (secondary N) is 1. The smallest absolute Gasteiger partial charge is 0.119 e. The van der Waals surface area contributed by atoms with E-state index in [1.54, 1.807) is 0 Å². The molecule has 0 fully saturated rings. The Morgan fingerprint density at radius 3 is 2.21 bits per heavy atom. The van der Waals surface area contributed by atoms with Crippen LogP contribution in [0.25, 0.3) is 0 Å². The van der Waals surface area contributed by atoms with Crippen LogP contribution in [0.5, 0.6) is 5.75 Å². The van der Waals surface area contributed by atoms with Crippen LogP contribution in [-0.2, 0) is 0 Å². The lowest BCUT2D eigenvalue weighted by Crippen LogP contribution is -2.43. The molecule has 1 aromatic carbocycles. The van der Waals surface area contributed by atoms with E-state index in [9.17, 15) is 5.11 Å². The summed E-state index contributed by atoms with van der Waals surface area (Å²) in [6.45, 7) is 11.2. The average Bonchev–Trinajstić information content (AvgIpc) is 2.36. The fourth-order valence-corrected chi connectivity index (χ4v) is 1.83. The number of aliphatic hydroxyl groups is 1. The van der Waals surface area contributed by atoms with Crippen molar-refractivity contribution in [3.63, 3.8) is 0 Å². The predicted molar refractivity (Wildman–Crippen MR) is 79.5 cm³/mol. The van der Waals surface area contributed by atoms with Crippen molar-refractivity contribution in [2.45, 2.75) is 46.2 Å². The molecule has 2 N–H and O–H groups in total. The van der Waals surface area contributed by atoms with E-state index < -0.39 is 0 Å². The monoisotopic (exact) mass is 265 g/mol. The van der Waals surface area contributed by atoms with E-state index in [-0.39, 0.29) is 18.2 Å². The standard InChI is InChI=1S/C16H27NO2/c1-12(2)10-19-15-8-6-14(7-9-15)13(3)17-16(4,5)11-18/h6-9,12-13,17-18H,10-11H2,1-5H3. The van der Waals surface area contributed by atoms with Crippen LogP contribution in [0.4, 0.5) is 0 Å². The van der Waals surface area contributed by atoms with Gasteiger partial charge < -0.3 is 15.2 Å². The van der Waals surface area contributed by atoms with Gasteiger partial charge in [0.05, 0.1) is 13.2 Å². The van der Waals surface area contributed by atoms with Gasteiger partial charge in [0.15, 0.2) is 0 Å². The van der Waals surface area contributed by atoms with Gasteiger partial charge in [-0.05, 0) is 44.4 Å². The Labute approximate surface area is 117 Å². The minimum atomic E-state index is -0.272. The number of hydrogen-bond acceptors (Lipinski definition) is 3. The number of aliphatic hydroxyl groups excluding tert-OH is 1. The maximum atomic E-state index is 9.27. The van der Waals surface area contributed by atoms with Gasteiger partial charge in [0.1, 0.15) is 5.75 Å². The van der Waals surface area contributed by atoms with E-state index in [0.717, 1.165) is 12.4 Å². The lowest BCUT2D eigenvalue weighted by Gasteiger charge is -2.28. The van der Waals surface area contributed by atoms with Crippen LogP contribution in [-0.4, -0.2) is 23.9 Å². The van der Waals surface area contributed by atoms with Crippen molar-refractivity contribution in [1.29, 1.82) is 0 Å². The van der Waals surface area contributed by atoms with E-state index >= 15 is 0 Å². The third-order valence-corrected chi connectivity index (χ3v) is 2.97. The van der Waals surface area contributed by atoms with Gasteiger partial charge in [0.25, 0.3) is 0 Å². The molecule has 0 aliphatic carbocycles. The van der Waals surface area contributed by atoms with Crippen molar-refractivity contribution < 1.29 is 9.84 Å². The Bertz CT molecular complexity index is 371. The minimum absolute atomic E-state index is 0.118. The van der Waals surface area contributed by atoms with Crippen molar-refractivity contribution in [2.24, 2.45) is 5.92 Å². The van der Waals surface area contributed by atoms with Crippen LogP contribution < -0.4 is 10.1 Å². The normalized spacial score (nSPS) is 13.6. The van der Waals surface area contributed by atoms with E-state index in [1.807, 2.05) is 26.0 Å². The summed E-state index contributed by atoms with van der Waals surface area (Å²) >= 11 is 0. The maximum Gasteiger partial charge on any atom is 0.119 e. The number of hydrogen-bond donors (Lipinski definition) is 2. The highest BCUT2D eigenvalue weighted by atomic mass is 16.5. The third kappa shape index (κ3) is 5.62. The van der Waals surface area contributed by atoms with Crippen molar-refractivity contribution in [3.8, 4) is 5.75 Å². The summed E-state index contributed by atoms with van der Waals surface area (Å²) < 4.78 is 5.66. The molecule has 0 heterocycles. The zero-order valence-electron chi connectivity index (χ0n) is 12.7. The molecule has 0 amide bonds. The lowest BCUT2D eigenvalue weighted by atomic mass is 10.0. The zero-order valence-corrected chi connectivity index (χ0v) is 12.7. The molecular weight excluding hydrogens is 238 g/mol. The highest BCUT2D eigenvalue weighted by Crippen LogP contribution is 2.20. The Kier molecular flexibility index (Phi) is 5.83. The molecular formula is C16H27NO2. The van der Waals surface area contributed by atoms with E-state index in [4.69, 9.17) is 4.74 Å². The minimum Gasteiger partial charge on any atom is -0.493 e. The molecule has 0 saturated carbocycles. The van der Waals surface area contributed by atoms with Gasteiger partial charge in [-0.15, -0.1) is 0 Å². The second-order valence-electron chi connectivity index (χ2n) is 6.18. The quantitative estimate of drug-likeness (QED) is 0.796. The summed E-state index contributed by atoms with van der Waals surface area (Å²) in [5.74, 6) is 1.44. The van der Waals surface area contributed by atoms with Gasteiger partial charge in [0.2, 0.25) is 0 Å². The topological polar surface area (TPSA) is 41.5 Å². The summed E-state index contributed by atoms with van der Waals surface area (Å²) in [6, 6.07) is 8.34. The lowest BCUT2D eigenvalue weighted by molar-refractivity contribution is 0.178.